The number of piperidine rings is 1. The maximum atomic E-state index is 9.13. The number of benzene rings is 1. The van der Waals surface area contributed by atoms with Gasteiger partial charge in [-0.05, 0) is 43.5 Å². The predicted molar refractivity (Wildman–Crippen MR) is 76.0 cm³/mol. The lowest BCUT2D eigenvalue weighted by Crippen LogP contribution is -2.38. The quantitative estimate of drug-likeness (QED) is 0.831. The van der Waals surface area contributed by atoms with E-state index in [1.54, 1.807) is 7.11 Å². The van der Waals surface area contributed by atoms with Crippen molar-refractivity contribution in [3.05, 3.63) is 29.3 Å². The zero-order valence-corrected chi connectivity index (χ0v) is 11.9. The molecule has 1 aliphatic rings. The van der Waals surface area contributed by atoms with E-state index in [1.807, 2.05) is 12.1 Å². The Morgan fingerprint density at radius 3 is 2.95 bits per heavy atom. The first kappa shape index (κ1) is 13.9. The van der Waals surface area contributed by atoms with Crippen molar-refractivity contribution in [2.75, 3.05) is 13.7 Å². The molecule has 1 fully saturated rings. The Labute approximate surface area is 115 Å². The van der Waals surface area contributed by atoms with Crippen LogP contribution in [0.4, 0.5) is 0 Å². The Kier molecular flexibility index (Phi) is 4.81. The van der Waals surface area contributed by atoms with E-state index in [0.717, 1.165) is 6.54 Å². The first-order valence-corrected chi connectivity index (χ1v) is 7.09. The highest BCUT2D eigenvalue weighted by atomic mass is 16.5. The summed E-state index contributed by atoms with van der Waals surface area (Å²) in [7, 11) is 1.60. The molecule has 0 aromatic heterocycles. The largest absolute Gasteiger partial charge is 0.495 e. The van der Waals surface area contributed by atoms with Crippen molar-refractivity contribution in [1.82, 2.24) is 4.90 Å². The standard InChI is InChI=1S/C16H22N2O/c1-3-15-6-4-5-9-18(15)12-13-7-8-16(19-2)14(10-13)11-17/h7-8,10,15H,3-6,9,12H2,1-2H3. The number of methoxy groups -OCH3 is 1. The molecule has 1 heterocycles. The molecule has 102 valence electrons. The fraction of sp³-hybridized carbons (Fsp3) is 0.562. The third-order valence-corrected chi connectivity index (χ3v) is 3.99. The molecule has 1 unspecified atom stereocenters. The third kappa shape index (κ3) is 3.27. The Morgan fingerprint density at radius 2 is 2.26 bits per heavy atom. The summed E-state index contributed by atoms with van der Waals surface area (Å²) in [5, 5.41) is 9.13. The van der Waals surface area contributed by atoms with E-state index in [2.05, 4.69) is 24.0 Å². The Bertz CT molecular complexity index is 464. The second kappa shape index (κ2) is 6.58. The van der Waals surface area contributed by atoms with Crippen molar-refractivity contribution in [2.24, 2.45) is 0 Å². The van der Waals surface area contributed by atoms with E-state index >= 15 is 0 Å². The number of rotatable bonds is 4. The van der Waals surface area contributed by atoms with Gasteiger partial charge in [-0.3, -0.25) is 4.90 Å². The van der Waals surface area contributed by atoms with Crippen LogP contribution >= 0.6 is 0 Å². The first-order valence-electron chi connectivity index (χ1n) is 7.09. The summed E-state index contributed by atoms with van der Waals surface area (Å²) in [5.74, 6) is 0.664. The summed E-state index contributed by atoms with van der Waals surface area (Å²) in [6.07, 6.45) is 5.15. The molecule has 3 nitrogen and oxygen atoms in total. The second-order valence-electron chi connectivity index (χ2n) is 5.17. The first-order chi connectivity index (χ1) is 9.28. The monoisotopic (exact) mass is 258 g/mol. The van der Waals surface area contributed by atoms with Crippen molar-refractivity contribution >= 4 is 0 Å². The smallest absolute Gasteiger partial charge is 0.136 e. The fourth-order valence-electron chi connectivity index (χ4n) is 2.91. The topological polar surface area (TPSA) is 36.3 Å². The molecule has 1 saturated heterocycles. The molecule has 1 aromatic carbocycles. The zero-order valence-electron chi connectivity index (χ0n) is 11.9. The van der Waals surface area contributed by atoms with Gasteiger partial charge in [0.1, 0.15) is 11.8 Å². The van der Waals surface area contributed by atoms with E-state index in [-0.39, 0.29) is 0 Å². The summed E-state index contributed by atoms with van der Waals surface area (Å²) < 4.78 is 5.19. The van der Waals surface area contributed by atoms with Crippen LogP contribution in [0.3, 0.4) is 0 Å². The maximum Gasteiger partial charge on any atom is 0.136 e. The Morgan fingerprint density at radius 1 is 1.42 bits per heavy atom. The summed E-state index contributed by atoms with van der Waals surface area (Å²) in [6, 6.07) is 8.83. The van der Waals surface area contributed by atoms with Crippen molar-refractivity contribution in [1.29, 1.82) is 5.26 Å². The van der Waals surface area contributed by atoms with E-state index in [9.17, 15) is 0 Å². The van der Waals surface area contributed by atoms with Gasteiger partial charge in [0.2, 0.25) is 0 Å². The molecule has 1 atom stereocenters. The molecule has 0 aliphatic carbocycles. The molecule has 3 heteroatoms. The summed E-state index contributed by atoms with van der Waals surface area (Å²) >= 11 is 0. The molecule has 0 N–H and O–H groups in total. The highest BCUT2D eigenvalue weighted by molar-refractivity contribution is 5.45. The van der Waals surface area contributed by atoms with Crippen LogP contribution in [0.15, 0.2) is 18.2 Å². The number of hydrogen-bond acceptors (Lipinski definition) is 3. The minimum absolute atomic E-state index is 0.630. The van der Waals surface area contributed by atoms with E-state index in [4.69, 9.17) is 10.00 Å². The minimum atomic E-state index is 0.630. The molecular weight excluding hydrogens is 236 g/mol. The van der Waals surface area contributed by atoms with Crippen LogP contribution < -0.4 is 4.74 Å². The van der Waals surface area contributed by atoms with Gasteiger partial charge in [0.25, 0.3) is 0 Å². The van der Waals surface area contributed by atoms with Crippen LogP contribution in [0.5, 0.6) is 5.75 Å². The van der Waals surface area contributed by atoms with Crippen molar-refractivity contribution in [3.8, 4) is 11.8 Å². The van der Waals surface area contributed by atoms with Gasteiger partial charge in [0.05, 0.1) is 12.7 Å². The molecular formula is C16H22N2O. The molecule has 0 saturated carbocycles. The normalized spacial score (nSPS) is 19.9. The lowest BCUT2D eigenvalue weighted by atomic mass is 9.99. The van der Waals surface area contributed by atoms with E-state index in [1.165, 1.54) is 37.8 Å². The Hall–Kier alpha value is -1.53. The Balaban J connectivity index is 2.12. The molecule has 0 spiro atoms. The van der Waals surface area contributed by atoms with Gasteiger partial charge in [-0.2, -0.15) is 5.26 Å². The van der Waals surface area contributed by atoms with Crippen LogP contribution in [-0.4, -0.2) is 24.6 Å². The minimum Gasteiger partial charge on any atom is -0.495 e. The lowest BCUT2D eigenvalue weighted by molar-refractivity contribution is 0.136. The van der Waals surface area contributed by atoms with Crippen LogP contribution in [-0.2, 0) is 6.54 Å². The van der Waals surface area contributed by atoms with E-state index in [0.29, 0.717) is 17.4 Å². The van der Waals surface area contributed by atoms with Crippen molar-refractivity contribution < 1.29 is 4.74 Å². The van der Waals surface area contributed by atoms with Crippen LogP contribution in [0.2, 0.25) is 0 Å². The zero-order chi connectivity index (χ0) is 13.7. The van der Waals surface area contributed by atoms with Crippen molar-refractivity contribution in [2.45, 2.75) is 45.2 Å². The summed E-state index contributed by atoms with van der Waals surface area (Å²) in [4.78, 5) is 2.55. The molecule has 19 heavy (non-hydrogen) atoms. The van der Waals surface area contributed by atoms with E-state index < -0.39 is 0 Å². The lowest BCUT2D eigenvalue weighted by Gasteiger charge is -2.35. The number of ether oxygens (including phenoxy) is 1. The van der Waals surface area contributed by atoms with Gasteiger partial charge in [-0.25, -0.2) is 0 Å². The highest BCUT2D eigenvalue weighted by Gasteiger charge is 2.20. The maximum absolute atomic E-state index is 9.13. The predicted octanol–water partition coefficient (Wildman–Crippen LogP) is 3.33. The average molecular weight is 258 g/mol. The molecule has 0 radical (unpaired) electrons. The molecule has 0 bridgehead atoms. The number of nitrogens with zero attached hydrogens (tertiary/aromatic N) is 2. The van der Waals surface area contributed by atoms with Crippen LogP contribution in [0.25, 0.3) is 0 Å². The van der Waals surface area contributed by atoms with Gasteiger partial charge in [0, 0.05) is 12.6 Å². The van der Waals surface area contributed by atoms with Gasteiger partial charge < -0.3 is 4.74 Å². The fourth-order valence-corrected chi connectivity index (χ4v) is 2.91. The summed E-state index contributed by atoms with van der Waals surface area (Å²) in [5.41, 5.74) is 1.84. The van der Waals surface area contributed by atoms with Gasteiger partial charge >= 0.3 is 0 Å². The van der Waals surface area contributed by atoms with Gasteiger partial charge in [0.15, 0.2) is 0 Å². The average Bonchev–Trinajstić information content (AvgIpc) is 2.47. The third-order valence-electron chi connectivity index (χ3n) is 3.99. The SMILES string of the molecule is CCC1CCCCN1Cc1ccc(OC)c(C#N)c1. The number of nitriles is 1. The molecule has 0 amide bonds. The van der Waals surface area contributed by atoms with Crippen molar-refractivity contribution in [3.63, 3.8) is 0 Å². The van der Waals surface area contributed by atoms with Gasteiger partial charge in [-0.15, -0.1) is 0 Å². The van der Waals surface area contributed by atoms with Crippen LogP contribution in [0, 0.1) is 11.3 Å². The molecule has 2 rings (SSSR count). The number of likely N-dealkylation sites (tertiary alicyclic amines) is 1. The summed E-state index contributed by atoms with van der Waals surface area (Å²) in [6.45, 7) is 4.38. The molecule has 1 aliphatic heterocycles. The molecule has 1 aromatic rings. The highest BCUT2D eigenvalue weighted by Crippen LogP contribution is 2.24. The van der Waals surface area contributed by atoms with Gasteiger partial charge in [-0.1, -0.05) is 19.4 Å². The number of hydrogen-bond donors (Lipinski definition) is 0. The van der Waals surface area contributed by atoms with Crippen LogP contribution in [0.1, 0.15) is 43.7 Å². The second-order valence-corrected chi connectivity index (χ2v) is 5.17.